The molecule has 0 aromatic rings. The first kappa shape index (κ1) is 14.7. The van der Waals surface area contributed by atoms with E-state index in [1.165, 1.54) is 55.9 Å². The molecule has 2 aliphatic heterocycles. The van der Waals surface area contributed by atoms with Crippen LogP contribution in [-0.4, -0.2) is 36.7 Å². The van der Waals surface area contributed by atoms with E-state index in [2.05, 4.69) is 12.2 Å². The Morgan fingerprint density at radius 3 is 2.65 bits per heavy atom. The molecule has 3 rings (SSSR count). The van der Waals surface area contributed by atoms with Crippen LogP contribution in [-0.2, 0) is 4.74 Å². The third kappa shape index (κ3) is 3.51. The highest BCUT2D eigenvalue weighted by Gasteiger charge is 2.35. The summed E-state index contributed by atoms with van der Waals surface area (Å²) in [7, 11) is 0. The van der Waals surface area contributed by atoms with Crippen LogP contribution in [0.3, 0.4) is 0 Å². The average molecular weight is 296 g/mol. The van der Waals surface area contributed by atoms with Crippen molar-refractivity contribution in [1.29, 1.82) is 0 Å². The fourth-order valence-corrected chi connectivity index (χ4v) is 5.02. The van der Waals surface area contributed by atoms with Crippen LogP contribution in [0.15, 0.2) is 4.99 Å². The van der Waals surface area contributed by atoms with Gasteiger partial charge in [0, 0.05) is 31.6 Å². The van der Waals surface area contributed by atoms with Gasteiger partial charge in [0.1, 0.15) is 0 Å². The van der Waals surface area contributed by atoms with E-state index in [1.54, 1.807) is 0 Å². The molecule has 4 heteroatoms. The molecule has 1 saturated carbocycles. The maximum Gasteiger partial charge on any atom is 0.156 e. The van der Waals surface area contributed by atoms with Gasteiger partial charge in [-0.3, -0.25) is 4.99 Å². The molecule has 0 radical (unpaired) electrons. The predicted molar refractivity (Wildman–Crippen MR) is 86.4 cm³/mol. The molecule has 1 spiro atoms. The average Bonchev–Trinajstić information content (AvgIpc) is 2.52. The van der Waals surface area contributed by atoms with Crippen molar-refractivity contribution < 1.29 is 4.74 Å². The molecule has 114 valence electrons. The fourth-order valence-electron chi connectivity index (χ4n) is 3.77. The summed E-state index contributed by atoms with van der Waals surface area (Å²) in [5, 5.41) is 4.86. The van der Waals surface area contributed by atoms with Crippen LogP contribution in [0.4, 0.5) is 0 Å². The van der Waals surface area contributed by atoms with Crippen molar-refractivity contribution in [3.05, 3.63) is 0 Å². The summed E-state index contributed by atoms with van der Waals surface area (Å²) in [6.45, 7) is 5.23. The quantitative estimate of drug-likeness (QED) is 0.847. The Labute approximate surface area is 127 Å². The molecule has 0 aromatic carbocycles. The van der Waals surface area contributed by atoms with E-state index in [1.807, 2.05) is 11.8 Å². The highest BCUT2D eigenvalue weighted by Crippen LogP contribution is 2.41. The normalized spacial score (nSPS) is 28.9. The summed E-state index contributed by atoms with van der Waals surface area (Å²) in [6.07, 6.45) is 9.43. The van der Waals surface area contributed by atoms with Gasteiger partial charge >= 0.3 is 0 Å². The molecule has 1 unspecified atom stereocenters. The molecule has 1 aliphatic carbocycles. The first-order valence-electron chi connectivity index (χ1n) is 8.29. The van der Waals surface area contributed by atoms with Crippen molar-refractivity contribution in [2.24, 2.45) is 16.3 Å². The smallest absolute Gasteiger partial charge is 0.156 e. The highest BCUT2D eigenvalue weighted by atomic mass is 32.2. The zero-order valence-corrected chi connectivity index (χ0v) is 13.5. The lowest BCUT2D eigenvalue weighted by molar-refractivity contribution is 0.0583. The first-order valence-corrected chi connectivity index (χ1v) is 9.28. The van der Waals surface area contributed by atoms with E-state index < -0.39 is 0 Å². The second-order valence-electron chi connectivity index (χ2n) is 6.85. The summed E-state index contributed by atoms with van der Waals surface area (Å²) < 4.78 is 5.45. The van der Waals surface area contributed by atoms with Gasteiger partial charge < -0.3 is 10.1 Å². The van der Waals surface area contributed by atoms with Crippen molar-refractivity contribution >= 4 is 16.9 Å². The molecule has 20 heavy (non-hydrogen) atoms. The van der Waals surface area contributed by atoms with Gasteiger partial charge in [0.2, 0.25) is 0 Å². The third-order valence-corrected chi connectivity index (χ3v) is 6.59. The Hall–Kier alpha value is -0.220. The van der Waals surface area contributed by atoms with E-state index in [9.17, 15) is 0 Å². The van der Waals surface area contributed by atoms with Gasteiger partial charge in [0.05, 0.1) is 0 Å². The van der Waals surface area contributed by atoms with Gasteiger partial charge in [-0.1, -0.05) is 31.0 Å². The van der Waals surface area contributed by atoms with Crippen molar-refractivity contribution in [3.63, 3.8) is 0 Å². The lowest BCUT2D eigenvalue weighted by Crippen LogP contribution is -2.43. The minimum absolute atomic E-state index is 0.533. The Bertz CT molecular complexity index is 346. The molecule has 2 fully saturated rings. The van der Waals surface area contributed by atoms with E-state index >= 15 is 0 Å². The number of aliphatic imine (C=N–C) groups is 1. The monoisotopic (exact) mass is 296 g/mol. The molecular weight excluding hydrogens is 268 g/mol. The number of thioether (sulfide) groups is 1. The zero-order chi connectivity index (χ0) is 13.8. The zero-order valence-electron chi connectivity index (χ0n) is 12.7. The topological polar surface area (TPSA) is 33.6 Å². The van der Waals surface area contributed by atoms with E-state index in [0.29, 0.717) is 11.5 Å². The van der Waals surface area contributed by atoms with Crippen LogP contribution in [0.5, 0.6) is 0 Å². The maximum absolute atomic E-state index is 5.45. The Morgan fingerprint density at radius 2 is 2.00 bits per heavy atom. The number of hydrogen-bond acceptors (Lipinski definition) is 4. The molecule has 3 nitrogen and oxygen atoms in total. The number of ether oxygens (including phenoxy) is 1. The Kier molecular flexibility index (Phi) is 4.92. The SMILES string of the molecule is CC(NC1=NCC2(CCCCC2)CS1)C1CCOCC1. The minimum Gasteiger partial charge on any atom is -0.381 e. The number of amidine groups is 1. The van der Waals surface area contributed by atoms with E-state index in [4.69, 9.17) is 9.73 Å². The van der Waals surface area contributed by atoms with E-state index in [-0.39, 0.29) is 0 Å². The maximum atomic E-state index is 5.45. The highest BCUT2D eigenvalue weighted by molar-refractivity contribution is 8.13. The summed E-state index contributed by atoms with van der Waals surface area (Å²) >= 11 is 1.97. The molecule has 0 amide bonds. The summed E-state index contributed by atoms with van der Waals surface area (Å²) in [4.78, 5) is 4.88. The standard InChI is InChI=1S/C16H28N2OS/c1-13(14-5-9-19-10-6-14)18-15-17-11-16(12-20-15)7-3-2-4-8-16/h13-14H,2-12H2,1H3,(H,17,18). The van der Waals surface area contributed by atoms with Crippen LogP contribution in [0.1, 0.15) is 51.9 Å². The van der Waals surface area contributed by atoms with Gasteiger partial charge in [-0.05, 0) is 43.9 Å². The first-order chi connectivity index (χ1) is 9.77. The molecule has 1 saturated heterocycles. The summed E-state index contributed by atoms with van der Waals surface area (Å²) in [5.41, 5.74) is 0.538. The number of hydrogen-bond donors (Lipinski definition) is 1. The lowest BCUT2D eigenvalue weighted by Gasteiger charge is -2.39. The Morgan fingerprint density at radius 1 is 1.25 bits per heavy atom. The van der Waals surface area contributed by atoms with Gasteiger partial charge in [0.25, 0.3) is 0 Å². The molecule has 0 aromatic heterocycles. The van der Waals surface area contributed by atoms with Crippen molar-refractivity contribution in [3.8, 4) is 0 Å². The molecule has 0 bridgehead atoms. The van der Waals surface area contributed by atoms with Gasteiger partial charge in [-0.15, -0.1) is 0 Å². The van der Waals surface area contributed by atoms with Crippen LogP contribution < -0.4 is 5.32 Å². The number of nitrogens with one attached hydrogen (secondary N) is 1. The van der Waals surface area contributed by atoms with Crippen LogP contribution in [0.2, 0.25) is 0 Å². The number of nitrogens with zero attached hydrogens (tertiary/aromatic N) is 1. The fraction of sp³-hybridized carbons (Fsp3) is 0.938. The van der Waals surface area contributed by atoms with Gasteiger partial charge in [-0.25, -0.2) is 0 Å². The van der Waals surface area contributed by atoms with E-state index in [0.717, 1.165) is 25.7 Å². The van der Waals surface area contributed by atoms with Gasteiger partial charge in [0.15, 0.2) is 5.17 Å². The molecule has 2 heterocycles. The summed E-state index contributed by atoms with van der Waals surface area (Å²) in [6, 6.07) is 0.533. The number of rotatable bonds is 2. The third-order valence-electron chi connectivity index (χ3n) is 5.31. The lowest BCUT2D eigenvalue weighted by atomic mass is 9.75. The summed E-state index contributed by atoms with van der Waals surface area (Å²) in [5.74, 6) is 2.02. The predicted octanol–water partition coefficient (Wildman–Crippen LogP) is 3.44. The largest absolute Gasteiger partial charge is 0.381 e. The van der Waals surface area contributed by atoms with Crippen molar-refractivity contribution in [2.75, 3.05) is 25.5 Å². The molecular formula is C16H28N2OS. The minimum atomic E-state index is 0.533. The van der Waals surface area contributed by atoms with Crippen LogP contribution in [0.25, 0.3) is 0 Å². The second-order valence-corrected chi connectivity index (χ2v) is 7.82. The molecule has 1 N–H and O–H groups in total. The van der Waals surface area contributed by atoms with Gasteiger partial charge in [-0.2, -0.15) is 0 Å². The van der Waals surface area contributed by atoms with Crippen LogP contribution in [0, 0.1) is 11.3 Å². The second kappa shape index (κ2) is 6.69. The molecule has 1 atom stereocenters. The van der Waals surface area contributed by atoms with Crippen molar-refractivity contribution in [2.45, 2.75) is 57.9 Å². The van der Waals surface area contributed by atoms with Crippen molar-refractivity contribution in [1.82, 2.24) is 5.32 Å². The molecule has 3 aliphatic rings. The Balaban J connectivity index is 1.51. The van der Waals surface area contributed by atoms with Crippen LogP contribution >= 0.6 is 11.8 Å².